The number of nitrogens with zero attached hydrogens (tertiary/aromatic N) is 3. The summed E-state index contributed by atoms with van der Waals surface area (Å²) in [5.74, 6) is 1.63. The zero-order valence-electron chi connectivity index (χ0n) is 11.6. The summed E-state index contributed by atoms with van der Waals surface area (Å²) < 4.78 is 8.25. The number of fused-ring (bicyclic) bond motifs is 1. The summed E-state index contributed by atoms with van der Waals surface area (Å²) in [4.78, 5) is 9.40. The van der Waals surface area contributed by atoms with Crippen LogP contribution in [0.1, 0.15) is 43.7 Å². The molecule has 106 valence electrons. The molecule has 0 amide bonds. The second-order valence-corrected chi connectivity index (χ2v) is 5.70. The molecule has 0 aromatic carbocycles. The van der Waals surface area contributed by atoms with Crippen LogP contribution in [0.5, 0.6) is 0 Å². The Bertz CT molecular complexity index is 597. The highest BCUT2D eigenvalue weighted by atomic mass is 16.5. The molecular formula is C15H20N4O. The lowest BCUT2D eigenvalue weighted by Gasteiger charge is -2.26. The lowest BCUT2D eigenvalue weighted by atomic mass is 10.1. The third-order valence-electron chi connectivity index (χ3n) is 4.35. The van der Waals surface area contributed by atoms with Crippen molar-refractivity contribution in [1.29, 1.82) is 0 Å². The summed E-state index contributed by atoms with van der Waals surface area (Å²) >= 11 is 0. The van der Waals surface area contributed by atoms with Crippen LogP contribution in [0.3, 0.4) is 0 Å². The van der Waals surface area contributed by atoms with Crippen LogP contribution in [-0.4, -0.2) is 34.2 Å². The molecule has 5 heteroatoms. The van der Waals surface area contributed by atoms with Gasteiger partial charge in [0.15, 0.2) is 5.65 Å². The van der Waals surface area contributed by atoms with Crippen LogP contribution < -0.4 is 5.32 Å². The van der Waals surface area contributed by atoms with Crippen molar-refractivity contribution in [2.75, 3.05) is 19.7 Å². The first-order chi connectivity index (χ1) is 9.93. The van der Waals surface area contributed by atoms with Crippen molar-refractivity contribution in [3.05, 3.63) is 24.2 Å². The first-order valence-corrected chi connectivity index (χ1v) is 7.58. The van der Waals surface area contributed by atoms with Gasteiger partial charge in [-0.15, -0.1) is 0 Å². The Morgan fingerprint density at radius 1 is 1.30 bits per heavy atom. The number of ether oxygens (including phenoxy) is 1. The van der Waals surface area contributed by atoms with Gasteiger partial charge in [-0.05, 0) is 44.4 Å². The van der Waals surface area contributed by atoms with E-state index in [1.807, 2.05) is 18.3 Å². The van der Waals surface area contributed by atoms with Gasteiger partial charge in [-0.3, -0.25) is 4.57 Å². The van der Waals surface area contributed by atoms with Crippen LogP contribution >= 0.6 is 0 Å². The highest BCUT2D eigenvalue weighted by Crippen LogP contribution is 2.32. The summed E-state index contributed by atoms with van der Waals surface area (Å²) in [6, 6.07) is 4.01. The Morgan fingerprint density at radius 3 is 3.10 bits per heavy atom. The van der Waals surface area contributed by atoms with Gasteiger partial charge >= 0.3 is 0 Å². The zero-order chi connectivity index (χ0) is 13.4. The molecule has 1 N–H and O–H groups in total. The van der Waals surface area contributed by atoms with Crippen LogP contribution in [0.15, 0.2) is 18.3 Å². The highest BCUT2D eigenvalue weighted by molar-refractivity contribution is 5.71. The summed E-state index contributed by atoms with van der Waals surface area (Å²) in [5.41, 5.74) is 1.96. The minimum absolute atomic E-state index is 0.110. The first-order valence-electron chi connectivity index (χ1n) is 7.58. The van der Waals surface area contributed by atoms with Crippen molar-refractivity contribution >= 4 is 11.2 Å². The number of hydrogen-bond donors (Lipinski definition) is 1. The van der Waals surface area contributed by atoms with E-state index in [-0.39, 0.29) is 6.23 Å². The van der Waals surface area contributed by atoms with E-state index in [0.717, 1.165) is 55.9 Å². The summed E-state index contributed by atoms with van der Waals surface area (Å²) in [7, 11) is 0. The Kier molecular flexibility index (Phi) is 3.16. The smallest absolute Gasteiger partial charge is 0.162 e. The van der Waals surface area contributed by atoms with E-state index in [0.29, 0.717) is 5.92 Å². The summed E-state index contributed by atoms with van der Waals surface area (Å²) in [6.07, 6.45) is 6.56. The summed E-state index contributed by atoms with van der Waals surface area (Å²) in [6.45, 7) is 2.93. The molecule has 2 fully saturated rings. The van der Waals surface area contributed by atoms with E-state index in [9.17, 15) is 0 Å². The fraction of sp³-hybridized carbons (Fsp3) is 0.600. The predicted molar refractivity (Wildman–Crippen MR) is 76.6 cm³/mol. The van der Waals surface area contributed by atoms with Crippen molar-refractivity contribution in [3.63, 3.8) is 0 Å². The molecule has 0 bridgehead atoms. The molecule has 2 aromatic heterocycles. The van der Waals surface area contributed by atoms with Gasteiger partial charge < -0.3 is 10.1 Å². The second kappa shape index (κ2) is 5.14. The maximum absolute atomic E-state index is 5.99. The molecule has 2 aliphatic rings. The molecule has 2 saturated heterocycles. The number of aromatic nitrogens is 3. The zero-order valence-corrected chi connectivity index (χ0v) is 11.6. The number of hydrogen-bond acceptors (Lipinski definition) is 4. The Hall–Kier alpha value is -1.46. The molecule has 2 aliphatic heterocycles. The van der Waals surface area contributed by atoms with E-state index >= 15 is 0 Å². The average molecular weight is 272 g/mol. The van der Waals surface area contributed by atoms with Crippen LogP contribution in [0.2, 0.25) is 0 Å². The van der Waals surface area contributed by atoms with E-state index < -0.39 is 0 Å². The minimum Gasteiger partial charge on any atom is -0.358 e. The largest absolute Gasteiger partial charge is 0.358 e. The number of pyridine rings is 1. The van der Waals surface area contributed by atoms with E-state index in [1.54, 1.807) is 0 Å². The molecule has 4 rings (SSSR count). The minimum atomic E-state index is 0.110. The second-order valence-electron chi connectivity index (χ2n) is 5.70. The lowest BCUT2D eigenvalue weighted by molar-refractivity contribution is -0.0318. The number of nitrogens with one attached hydrogen (secondary N) is 1. The van der Waals surface area contributed by atoms with Gasteiger partial charge in [0, 0.05) is 25.3 Å². The van der Waals surface area contributed by atoms with Crippen molar-refractivity contribution in [1.82, 2.24) is 19.9 Å². The van der Waals surface area contributed by atoms with Gasteiger partial charge in [0.2, 0.25) is 0 Å². The third-order valence-corrected chi connectivity index (χ3v) is 4.35. The number of rotatable bonds is 2. The molecule has 0 aliphatic carbocycles. The Labute approximate surface area is 118 Å². The van der Waals surface area contributed by atoms with Crippen molar-refractivity contribution < 1.29 is 4.74 Å². The molecule has 0 radical (unpaired) electrons. The lowest BCUT2D eigenvalue weighted by Crippen LogP contribution is -2.22. The summed E-state index contributed by atoms with van der Waals surface area (Å²) in [5, 5.41) is 3.43. The van der Waals surface area contributed by atoms with Crippen molar-refractivity contribution in [2.45, 2.75) is 37.8 Å². The quantitative estimate of drug-likeness (QED) is 0.910. The van der Waals surface area contributed by atoms with Crippen molar-refractivity contribution in [2.24, 2.45) is 0 Å². The van der Waals surface area contributed by atoms with E-state index in [4.69, 9.17) is 9.72 Å². The first kappa shape index (κ1) is 12.3. The molecule has 2 atom stereocenters. The molecule has 5 nitrogen and oxygen atoms in total. The van der Waals surface area contributed by atoms with Crippen LogP contribution in [0, 0.1) is 0 Å². The normalized spacial score (nSPS) is 27.2. The molecule has 0 spiro atoms. The molecule has 2 unspecified atom stereocenters. The molecule has 2 aromatic rings. The highest BCUT2D eigenvalue weighted by Gasteiger charge is 2.28. The SMILES string of the molecule is c1cnc2c(c1)nc(C1CCNC1)n2C1CCCCO1. The monoisotopic (exact) mass is 272 g/mol. The fourth-order valence-corrected chi connectivity index (χ4v) is 3.32. The van der Waals surface area contributed by atoms with Crippen LogP contribution in [-0.2, 0) is 4.74 Å². The standard InChI is InChI=1S/C15H20N4O/c1-2-9-20-13(5-1)19-14(11-6-8-16-10-11)18-12-4-3-7-17-15(12)19/h3-4,7,11,13,16H,1-2,5-6,8-10H2. The van der Waals surface area contributed by atoms with Crippen LogP contribution in [0.4, 0.5) is 0 Å². The Morgan fingerprint density at radius 2 is 2.30 bits per heavy atom. The van der Waals surface area contributed by atoms with Crippen LogP contribution in [0.25, 0.3) is 11.2 Å². The third kappa shape index (κ3) is 2.01. The number of imidazole rings is 1. The van der Waals surface area contributed by atoms with Gasteiger partial charge in [0.25, 0.3) is 0 Å². The molecular weight excluding hydrogens is 252 g/mol. The van der Waals surface area contributed by atoms with E-state index in [1.165, 1.54) is 6.42 Å². The van der Waals surface area contributed by atoms with Gasteiger partial charge in [0.05, 0.1) is 0 Å². The Balaban J connectivity index is 1.83. The van der Waals surface area contributed by atoms with Gasteiger partial charge in [-0.2, -0.15) is 0 Å². The maximum atomic E-state index is 5.99. The predicted octanol–water partition coefficient (Wildman–Crippen LogP) is 2.21. The molecule has 20 heavy (non-hydrogen) atoms. The van der Waals surface area contributed by atoms with Crippen molar-refractivity contribution in [3.8, 4) is 0 Å². The van der Waals surface area contributed by atoms with Gasteiger partial charge in [-0.1, -0.05) is 0 Å². The van der Waals surface area contributed by atoms with Gasteiger partial charge in [-0.25, -0.2) is 9.97 Å². The van der Waals surface area contributed by atoms with E-state index in [2.05, 4.69) is 14.9 Å². The molecule has 4 heterocycles. The topological polar surface area (TPSA) is 52.0 Å². The maximum Gasteiger partial charge on any atom is 0.162 e. The average Bonchev–Trinajstić information content (AvgIpc) is 3.15. The fourth-order valence-electron chi connectivity index (χ4n) is 3.32. The molecule has 0 saturated carbocycles. The van der Waals surface area contributed by atoms with Gasteiger partial charge in [0.1, 0.15) is 17.6 Å².